The molecule has 1 rings (SSSR count). The first-order valence-corrected chi connectivity index (χ1v) is 6.78. The van der Waals surface area contributed by atoms with Crippen LogP contribution in [0.3, 0.4) is 0 Å². The fourth-order valence-electron chi connectivity index (χ4n) is 2.41. The molecule has 17 heavy (non-hydrogen) atoms. The van der Waals surface area contributed by atoms with Crippen LogP contribution in [-0.4, -0.2) is 49.7 Å². The zero-order valence-corrected chi connectivity index (χ0v) is 11.4. The van der Waals surface area contributed by atoms with E-state index in [1.54, 1.807) is 0 Å². The number of rotatable bonds is 6. The number of hydrogen-bond donors (Lipinski definition) is 1. The molecule has 0 spiro atoms. The Morgan fingerprint density at radius 3 is 2.94 bits per heavy atom. The van der Waals surface area contributed by atoms with Gasteiger partial charge in [0.25, 0.3) is 0 Å². The fraction of sp³-hybridized carbons (Fsp3) is 0.923. The summed E-state index contributed by atoms with van der Waals surface area (Å²) in [6.45, 7) is 10.5. The number of carbonyl (C=O) groups is 1. The third-order valence-electron chi connectivity index (χ3n) is 3.57. The lowest BCUT2D eigenvalue weighted by Gasteiger charge is -2.35. The topological polar surface area (TPSA) is 41.6 Å². The molecular weight excluding hydrogens is 216 g/mol. The summed E-state index contributed by atoms with van der Waals surface area (Å²) >= 11 is 0. The first-order valence-electron chi connectivity index (χ1n) is 6.78. The molecule has 2 atom stereocenters. The summed E-state index contributed by atoms with van der Waals surface area (Å²) in [5.74, 6) is 0.501. The van der Waals surface area contributed by atoms with Gasteiger partial charge in [0.1, 0.15) is 0 Å². The molecule has 0 saturated carbocycles. The third kappa shape index (κ3) is 5.04. The van der Waals surface area contributed by atoms with E-state index in [1.165, 1.54) is 19.4 Å². The number of ether oxygens (including phenoxy) is 1. The van der Waals surface area contributed by atoms with Crippen LogP contribution in [-0.2, 0) is 9.53 Å². The van der Waals surface area contributed by atoms with Crippen molar-refractivity contribution in [3.8, 4) is 0 Å². The standard InChI is InChI=1S/C13H26N2O2/c1-4-15-8-6-7-12(10-15)11(3)14-9-13(16)17-5-2/h11-12,14H,4-10H2,1-3H3. The Labute approximate surface area is 105 Å². The minimum Gasteiger partial charge on any atom is -0.465 e. The SMILES string of the molecule is CCOC(=O)CNC(C)C1CCCN(CC)C1. The smallest absolute Gasteiger partial charge is 0.319 e. The van der Waals surface area contributed by atoms with E-state index in [9.17, 15) is 4.79 Å². The zero-order valence-electron chi connectivity index (χ0n) is 11.4. The largest absolute Gasteiger partial charge is 0.465 e. The Balaban J connectivity index is 2.26. The van der Waals surface area contributed by atoms with Gasteiger partial charge in [-0.25, -0.2) is 0 Å². The molecular formula is C13H26N2O2. The molecule has 0 aliphatic carbocycles. The number of hydrogen-bond acceptors (Lipinski definition) is 4. The minimum absolute atomic E-state index is 0.150. The summed E-state index contributed by atoms with van der Waals surface area (Å²) in [6, 6.07) is 0.383. The molecule has 4 nitrogen and oxygen atoms in total. The lowest BCUT2D eigenvalue weighted by Crippen LogP contribution is -2.45. The second-order valence-electron chi connectivity index (χ2n) is 4.77. The van der Waals surface area contributed by atoms with E-state index in [0.717, 1.165) is 13.1 Å². The maximum atomic E-state index is 11.3. The van der Waals surface area contributed by atoms with Crippen molar-refractivity contribution < 1.29 is 9.53 Å². The van der Waals surface area contributed by atoms with E-state index < -0.39 is 0 Å². The van der Waals surface area contributed by atoms with Gasteiger partial charge in [-0.1, -0.05) is 6.92 Å². The summed E-state index contributed by atoms with van der Waals surface area (Å²) in [6.07, 6.45) is 2.53. The lowest BCUT2D eigenvalue weighted by molar-refractivity contribution is -0.142. The minimum atomic E-state index is -0.150. The average molecular weight is 242 g/mol. The van der Waals surface area contributed by atoms with E-state index in [0.29, 0.717) is 25.1 Å². The molecule has 0 aromatic heterocycles. The van der Waals surface area contributed by atoms with Gasteiger partial charge in [0.05, 0.1) is 13.2 Å². The van der Waals surface area contributed by atoms with E-state index in [2.05, 4.69) is 24.1 Å². The van der Waals surface area contributed by atoms with Crippen LogP contribution >= 0.6 is 0 Å². The molecule has 1 aliphatic heterocycles. The first-order chi connectivity index (χ1) is 8.17. The van der Waals surface area contributed by atoms with E-state index >= 15 is 0 Å². The second kappa shape index (κ2) is 7.67. The summed E-state index contributed by atoms with van der Waals surface area (Å²) in [7, 11) is 0. The van der Waals surface area contributed by atoms with Crippen LogP contribution in [0.15, 0.2) is 0 Å². The second-order valence-corrected chi connectivity index (χ2v) is 4.77. The van der Waals surface area contributed by atoms with Gasteiger partial charge in [0.2, 0.25) is 0 Å². The molecule has 0 amide bonds. The molecule has 1 saturated heterocycles. The Hall–Kier alpha value is -0.610. The van der Waals surface area contributed by atoms with E-state index in [4.69, 9.17) is 4.74 Å². The van der Waals surface area contributed by atoms with Gasteiger partial charge in [-0.15, -0.1) is 0 Å². The molecule has 0 bridgehead atoms. The molecule has 100 valence electrons. The van der Waals surface area contributed by atoms with Crippen molar-refractivity contribution in [3.05, 3.63) is 0 Å². The maximum absolute atomic E-state index is 11.3. The number of carbonyl (C=O) groups excluding carboxylic acids is 1. The van der Waals surface area contributed by atoms with Crippen molar-refractivity contribution in [1.82, 2.24) is 10.2 Å². The highest BCUT2D eigenvalue weighted by Gasteiger charge is 2.23. The molecule has 1 aliphatic rings. The van der Waals surface area contributed by atoms with Crippen molar-refractivity contribution in [1.29, 1.82) is 0 Å². The molecule has 0 aromatic rings. The summed E-state index contributed by atoms with van der Waals surface area (Å²) < 4.78 is 4.91. The molecule has 1 fully saturated rings. The predicted molar refractivity (Wildman–Crippen MR) is 68.9 cm³/mol. The molecule has 1 N–H and O–H groups in total. The number of nitrogens with zero attached hydrogens (tertiary/aromatic N) is 1. The van der Waals surface area contributed by atoms with Crippen LogP contribution < -0.4 is 5.32 Å². The normalized spacial score (nSPS) is 23.4. The molecule has 2 unspecified atom stereocenters. The Kier molecular flexibility index (Phi) is 6.52. The number of piperidine rings is 1. The molecule has 0 radical (unpaired) electrons. The average Bonchev–Trinajstić information content (AvgIpc) is 2.36. The molecule has 4 heteroatoms. The van der Waals surface area contributed by atoms with Crippen LogP contribution in [0.25, 0.3) is 0 Å². The van der Waals surface area contributed by atoms with Crippen LogP contribution in [0, 0.1) is 5.92 Å². The van der Waals surface area contributed by atoms with E-state index in [1.807, 2.05) is 6.92 Å². The van der Waals surface area contributed by atoms with Crippen molar-refractivity contribution in [2.24, 2.45) is 5.92 Å². The molecule has 1 heterocycles. The van der Waals surface area contributed by atoms with Crippen molar-refractivity contribution in [3.63, 3.8) is 0 Å². The summed E-state index contributed by atoms with van der Waals surface area (Å²) in [5, 5.41) is 3.28. The lowest BCUT2D eigenvalue weighted by atomic mass is 9.91. The first kappa shape index (κ1) is 14.5. The van der Waals surface area contributed by atoms with Crippen molar-refractivity contribution in [2.45, 2.75) is 39.7 Å². The highest BCUT2D eigenvalue weighted by molar-refractivity contribution is 5.71. The van der Waals surface area contributed by atoms with E-state index in [-0.39, 0.29) is 5.97 Å². The van der Waals surface area contributed by atoms with Gasteiger partial charge in [-0.2, -0.15) is 0 Å². The fourth-order valence-corrected chi connectivity index (χ4v) is 2.41. The number of nitrogens with one attached hydrogen (secondary N) is 1. The van der Waals surface area contributed by atoms with Crippen LogP contribution in [0.5, 0.6) is 0 Å². The third-order valence-corrected chi connectivity index (χ3v) is 3.57. The van der Waals surface area contributed by atoms with Gasteiger partial charge >= 0.3 is 5.97 Å². The Bertz CT molecular complexity index is 233. The molecule has 0 aromatic carbocycles. The van der Waals surface area contributed by atoms with Gasteiger partial charge in [-0.05, 0) is 45.7 Å². The van der Waals surface area contributed by atoms with Crippen LogP contribution in [0.2, 0.25) is 0 Å². The van der Waals surface area contributed by atoms with Crippen molar-refractivity contribution >= 4 is 5.97 Å². The van der Waals surface area contributed by atoms with Crippen molar-refractivity contribution in [2.75, 3.05) is 32.8 Å². The van der Waals surface area contributed by atoms with Gasteiger partial charge in [0.15, 0.2) is 0 Å². The highest BCUT2D eigenvalue weighted by Crippen LogP contribution is 2.19. The predicted octanol–water partition coefficient (Wildman–Crippen LogP) is 1.26. The van der Waals surface area contributed by atoms with Gasteiger partial charge in [-0.3, -0.25) is 4.79 Å². The number of esters is 1. The Morgan fingerprint density at radius 2 is 2.29 bits per heavy atom. The Morgan fingerprint density at radius 1 is 1.53 bits per heavy atom. The van der Waals surface area contributed by atoms with Gasteiger partial charge in [0, 0.05) is 12.6 Å². The number of likely N-dealkylation sites (tertiary alicyclic amines) is 1. The zero-order chi connectivity index (χ0) is 12.7. The maximum Gasteiger partial charge on any atom is 0.319 e. The quantitative estimate of drug-likeness (QED) is 0.712. The van der Waals surface area contributed by atoms with Crippen LogP contribution in [0.1, 0.15) is 33.6 Å². The summed E-state index contributed by atoms with van der Waals surface area (Å²) in [5.41, 5.74) is 0. The monoisotopic (exact) mass is 242 g/mol. The highest BCUT2D eigenvalue weighted by atomic mass is 16.5. The van der Waals surface area contributed by atoms with Crippen LogP contribution in [0.4, 0.5) is 0 Å². The van der Waals surface area contributed by atoms with Gasteiger partial charge < -0.3 is 15.0 Å². The summed E-state index contributed by atoms with van der Waals surface area (Å²) in [4.78, 5) is 13.7.